The van der Waals surface area contributed by atoms with Crippen molar-refractivity contribution in [2.45, 2.75) is 5.92 Å². The Hall–Kier alpha value is -4.82. The van der Waals surface area contributed by atoms with Crippen molar-refractivity contribution < 1.29 is 28.5 Å². The molecule has 0 saturated heterocycles. The first-order valence-corrected chi connectivity index (χ1v) is 13.3. The van der Waals surface area contributed by atoms with Gasteiger partial charge in [-0.1, -0.05) is 60.7 Å². The molecular weight excluding hydrogens is 520 g/mol. The summed E-state index contributed by atoms with van der Waals surface area (Å²) >= 11 is 0. The van der Waals surface area contributed by atoms with E-state index >= 15 is 0 Å². The first-order valence-electron chi connectivity index (χ1n) is 13.3. The molecule has 0 bridgehead atoms. The minimum absolute atomic E-state index is 0.0229. The van der Waals surface area contributed by atoms with Crippen LogP contribution in [0.4, 0.5) is 4.79 Å². The molecule has 5 rings (SSSR count). The molecule has 1 aliphatic rings. The lowest BCUT2D eigenvalue weighted by Gasteiger charge is -2.21. The lowest BCUT2D eigenvalue weighted by Crippen LogP contribution is -2.43. The van der Waals surface area contributed by atoms with E-state index in [1.54, 1.807) is 26.4 Å². The van der Waals surface area contributed by atoms with Crippen LogP contribution in [-0.2, 0) is 9.53 Å². The molecule has 8 heteroatoms. The summed E-state index contributed by atoms with van der Waals surface area (Å²) in [6, 6.07) is 29.0. The van der Waals surface area contributed by atoms with Crippen molar-refractivity contribution in [3.63, 3.8) is 0 Å². The molecule has 4 aromatic rings. The Kier molecular flexibility index (Phi) is 8.50. The molecule has 8 nitrogen and oxygen atoms in total. The Morgan fingerprint density at radius 2 is 1.41 bits per heavy atom. The van der Waals surface area contributed by atoms with Crippen molar-refractivity contribution in [2.24, 2.45) is 5.73 Å². The second-order valence-electron chi connectivity index (χ2n) is 9.52. The van der Waals surface area contributed by atoms with E-state index < -0.39 is 12.0 Å². The Morgan fingerprint density at radius 1 is 0.780 bits per heavy atom. The first kappa shape index (κ1) is 27.7. The van der Waals surface area contributed by atoms with Crippen molar-refractivity contribution >= 4 is 12.0 Å². The normalized spacial score (nSPS) is 11.8. The van der Waals surface area contributed by atoms with Crippen LogP contribution in [0.25, 0.3) is 22.3 Å². The van der Waals surface area contributed by atoms with Crippen molar-refractivity contribution in [1.82, 2.24) is 4.90 Å². The Labute approximate surface area is 239 Å². The second kappa shape index (κ2) is 12.6. The van der Waals surface area contributed by atoms with Gasteiger partial charge in [0.2, 0.25) is 0 Å². The summed E-state index contributed by atoms with van der Waals surface area (Å²) < 4.78 is 22.1. The van der Waals surface area contributed by atoms with Gasteiger partial charge < -0.3 is 24.7 Å². The number of amides is 2. The highest BCUT2D eigenvalue weighted by Gasteiger charge is 2.30. The summed E-state index contributed by atoms with van der Waals surface area (Å²) in [5.41, 5.74) is 12.0. The maximum Gasteiger partial charge on any atom is 0.416 e. The fourth-order valence-corrected chi connectivity index (χ4v) is 5.11. The van der Waals surface area contributed by atoms with Gasteiger partial charge in [0.05, 0.1) is 14.2 Å². The predicted molar refractivity (Wildman–Crippen MR) is 156 cm³/mol. The fourth-order valence-electron chi connectivity index (χ4n) is 5.11. The highest BCUT2D eigenvalue weighted by Crippen LogP contribution is 2.44. The van der Waals surface area contributed by atoms with Crippen LogP contribution in [-0.4, -0.2) is 57.4 Å². The van der Waals surface area contributed by atoms with Crippen LogP contribution in [0.5, 0.6) is 17.2 Å². The molecule has 0 atom stereocenters. The monoisotopic (exact) mass is 552 g/mol. The van der Waals surface area contributed by atoms with E-state index in [1.807, 2.05) is 66.7 Å². The van der Waals surface area contributed by atoms with Crippen LogP contribution < -0.4 is 19.9 Å². The topological polar surface area (TPSA) is 100 Å². The van der Waals surface area contributed by atoms with Gasteiger partial charge >= 0.3 is 6.09 Å². The highest BCUT2D eigenvalue weighted by atomic mass is 16.6. The lowest BCUT2D eigenvalue weighted by atomic mass is 9.98. The summed E-state index contributed by atoms with van der Waals surface area (Å²) in [6.07, 6.45) is -0.743. The smallest absolute Gasteiger partial charge is 0.416 e. The van der Waals surface area contributed by atoms with Gasteiger partial charge in [-0.2, -0.15) is 0 Å². The molecule has 0 radical (unpaired) electrons. The van der Waals surface area contributed by atoms with Gasteiger partial charge in [-0.05, 0) is 52.1 Å². The van der Waals surface area contributed by atoms with Crippen LogP contribution in [0.2, 0.25) is 0 Å². The van der Waals surface area contributed by atoms with E-state index in [0.29, 0.717) is 17.2 Å². The molecule has 0 heterocycles. The van der Waals surface area contributed by atoms with Crippen LogP contribution in [0.15, 0.2) is 91.0 Å². The van der Waals surface area contributed by atoms with Gasteiger partial charge in [-0.25, -0.2) is 9.69 Å². The number of nitrogens with zero attached hydrogens (tertiary/aromatic N) is 1. The van der Waals surface area contributed by atoms with Crippen LogP contribution >= 0.6 is 0 Å². The molecule has 0 fully saturated rings. The Morgan fingerprint density at radius 3 is 2.02 bits per heavy atom. The minimum Gasteiger partial charge on any atom is -0.497 e. The number of fused-ring (bicyclic) bond motifs is 3. The van der Waals surface area contributed by atoms with E-state index in [1.165, 1.54) is 0 Å². The number of hydrogen-bond acceptors (Lipinski definition) is 7. The largest absolute Gasteiger partial charge is 0.497 e. The molecule has 0 aliphatic heterocycles. The molecule has 0 unspecified atom stereocenters. The van der Waals surface area contributed by atoms with Gasteiger partial charge in [0.15, 0.2) is 6.61 Å². The summed E-state index contributed by atoms with van der Waals surface area (Å²) in [5.74, 6) is 1.21. The molecule has 1 aliphatic carbocycles. The van der Waals surface area contributed by atoms with E-state index in [9.17, 15) is 9.59 Å². The molecule has 2 N–H and O–H groups in total. The first-order chi connectivity index (χ1) is 20.0. The van der Waals surface area contributed by atoms with Gasteiger partial charge in [0, 0.05) is 30.6 Å². The molecule has 2 amide bonds. The quantitative estimate of drug-likeness (QED) is 0.278. The number of benzene rings is 4. The number of nitrogens with two attached hydrogens (primary N) is 1. The minimum atomic E-state index is -0.743. The number of rotatable bonds is 10. The molecule has 0 saturated carbocycles. The maximum absolute atomic E-state index is 13.0. The number of carbonyl (C=O) groups excluding carboxylic acids is 2. The van der Waals surface area contributed by atoms with E-state index in [0.717, 1.165) is 38.3 Å². The third kappa shape index (κ3) is 5.88. The molecule has 210 valence electrons. The summed E-state index contributed by atoms with van der Waals surface area (Å²) in [6.45, 7) is -0.100. The Balaban J connectivity index is 1.21. The average Bonchev–Trinajstić information content (AvgIpc) is 3.34. The van der Waals surface area contributed by atoms with E-state index in [2.05, 4.69) is 12.1 Å². The third-order valence-corrected chi connectivity index (χ3v) is 7.15. The zero-order valence-corrected chi connectivity index (χ0v) is 23.0. The number of ether oxygens (including phenoxy) is 4. The van der Waals surface area contributed by atoms with E-state index in [-0.39, 0.29) is 32.2 Å². The number of methoxy groups -OCH3 is 2. The zero-order chi connectivity index (χ0) is 28.8. The third-order valence-electron chi connectivity index (χ3n) is 7.15. The van der Waals surface area contributed by atoms with Crippen molar-refractivity contribution in [3.8, 4) is 39.5 Å². The summed E-state index contributed by atoms with van der Waals surface area (Å²) in [7, 11) is 3.20. The van der Waals surface area contributed by atoms with Gasteiger partial charge in [0.1, 0.15) is 23.9 Å². The van der Waals surface area contributed by atoms with Crippen LogP contribution in [0.3, 0.4) is 0 Å². The highest BCUT2D eigenvalue weighted by molar-refractivity contribution is 5.93. The summed E-state index contributed by atoms with van der Waals surface area (Å²) in [4.78, 5) is 27.0. The standard InChI is InChI=1S/C33H32N2O6/c1-38-24-15-16-25(31(19-24)39-2)22-11-13-23(14-12-22)40-21-32(36)35(18-17-34)33(37)41-20-30-28-9-5-3-7-26(28)27-8-4-6-10-29(27)30/h3-16,19,30H,17-18,20-21,34H2,1-2H3. The molecular formula is C33H32N2O6. The number of hydrogen-bond donors (Lipinski definition) is 1. The lowest BCUT2D eigenvalue weighted by molar-refractivity contribution is -0.131. The molecule has 4 aromatic carbocycles. The number of imide groups is 1. The predicted octanol–water partition coefficient (Wildman–Crippen LogP) is 5.49. The maximum atomic E-state index is 13.0. The van der Waals surface area contributed by atoms with Gasteiger partial charge in [0.25, 0.3) is 5.91 Å². The molecule has 0 aromatic heterocycles. The molecule has 41 heavy (non-hydrogen) atoms. The second-order valence-corrected chi connectivity index (χ2v) is 9.52. The van der Waals surface area contributed by atoms with Crippen molar-refractivity contribution in [3.05, 3.63) is 102 Å². The summed E-state index contributed by atoms with van der Waals surface area (Å²) in [5, 5.41) is 0. The van der Waals surface area contributed by atoms with Crippen molar-refractivity contribution in [1.29, 1.82) is 0 Å². The van der Waals surface area contributed by atoms with E-state index in [4.69, 9.17) is 24.7 Å². The number of carbonyl (C=O) groups is 2. The average molecular weight is 553 g/mol. The van der Waals surface area contributed by atoms with Gasteiger partial charge in [-0.15, -0.1) is 0 Å². The zero-order valence-electron chi connectivity index (χ0n) is 23.0. The Bertz CT molecular complexity index is 1490. The van der Waals surface area contributed by atoms with Crippen molar-refractivity contribution in [2.75, 3.05) is 40.5 Å². The van der Waals surface area contributed by atoms with Gasteiger partial charge in [-0.3, -0.25) is 4.79 Å². The fraction of sp³-hybridized carbons (Fsp3) is 0.212. The van der Waals surface area contributed by atoms with Crippen LogP contribution in [0.1, 0.15) is 17.0 Å². The molecule has 0 spiro atoms. The SMILES string of the molecule is COc1ccc(-c2ccc(OCC(=O)N(CCN)C(=O)OCC3c4ccccc4-c4ccccc43)cc2)c(OC)c1. The van der Waals surface area contributed by atoms with Crippen LogP contribution in [0, 0.1) is 0 Å².